The lowest BCUT2D eigenvalue weighted by Gasteiger charge is -2.36. The van der Waals surface area contributed by atoms with Crippen LogP contribution >= 0.6 is 0 Å². The molecule has 2 heterocycles. The molecule has 0 aromatic carbocycles. The minimum atomic E-state index is -0.495. The van der Waals surface area contributed by atoms with Gasteiger partial charge < -0.3 is 10.1 Å². The second-order valence-corrected chi connectivity index (χ2v) is 5.69. The fourth-order valence-corrected chi connectivity index (χ4v) is 2.10. The van der Waals surface area contributed by atoms with Gasteiger partial charge in [-0.1, -0.05) is 0 Å². The van der Waals surface area contributed by atoms with Gasteiger partial charge in [0.25, 0.3) is 0 Å². The molecule has 0 spiro atoms. The Morgan fingerprint density at radius 1 is 1.42 bits per heavy atom. The van der Waals surface area contributed by atoms with Crippen molar-refractivity contribution >= 4 is 6.09 Å². The molecular weight excluding hydrogens is 246 g/mol. The van der Waals surface area contributed by atoms with Gasteiger partial charge in [0.15, 0.2) is 0 Å². The lowest BCUT2D eigenvalue weighted by molar-refractivity contribution is 0.0112. The molecule has 1 aromatic rings. The molecule has 1 aliphatic rings. The fraction of sp³-hybridized carbons (Fsp3) is 0.750. The minimum absolute atomic E-state index is 0.137. The zero-order valence-electron chi connectivity index (χ0n) is 11.9. The van der Waals surface area contributed by atoms with E-state index in [1.54, 1.807) is 4.90 Å². The molecule has 1 fully saturated rings. The first-order valence-electron chi connectivity index (χ1n) is 6.46. The number of aromatic nitrogens is 3. The van der Waals surface area contributed by atoms with Crippen LogP contribution in [0.5, 0.6) is 0 Å². The topological polar surface area (TPSA) is 83.1 Å². The summed E-state index contributed by atoms with van der Waals surface area (Å²) in [5.41, 5.74) is 1.10. The van der Waals surface area contributed by atoms with E-state index in [2.05, 4.69) is 20.7 Å². The van der Waals surface area contributed by atoms with Crippen LogP contribution in [-0.2, 0) is 4.74 Å². The maximum absolute atomic E-state index is 12.2. The number of nitrogens with one attached hydrogen (secondary N) is 2. The molecule has 19 heavy (non-hydrogen) atoms. The van der Waals surface area contributed by atoms with Gasteiger partial charge in [0.05, 0.1) is 11.7 Å². The number of aryl methyl sites for hydroxylation is 1. The van der Waals surface area contributed by atoms with E-state index in [4.69, 9.17) is 4.74 Å². The quantitative estimate of drug-likeness (QED) is 0.793. The summed E-state index contributed by atoms with van der Waals surface area (Å²) in [6.07, 6.45) is -0.304. The molecule has 1 aromatic heterocycles. The summed E-state index contributed by atoms with van der Waals surface area (Å²) in [7, 11) is 0. The Balaban J connectivity index is 2.17. The predicted molar refractivity (Wildman–Crippen MR) is 69.7 cm³/mol. The van der Waals surface area contributed by atoms with Crippen LogP contribution in [0.15, 0.2) is 0 Å². The Hall–Kier alpha value is -1.63. The first-order chi connectivity index (χ1) is 8.88. The van der Waals surface area contributed by atoms with E-state index in [0.717, 1.165) is 17.9 Å². The number of piperazine rings is 1. The maximum atomic E-state index is 12.2. The van der Waals surface area contributed by atoms with Gasteiger partial charge in [-0.05, 0) is 27.7 Å². The van der Waals surface area contributed by atoms with Crippen molar-refractivity contribution < 1.29 is 9.53 Å². The largest absolute Gasteiger partial charge is 0.444 e. The van der Waals surface area contributed by atoms with Crippen LogP contribution in [0.4, 0.5) is 4.79 Å². The number of H-pyrrole nitrogens is 1. The molecule has 2 N–H and O–H groups in total. The number of amides is 1. The smallest absolute Gasteiger partial charge is 0.410 e. The van der Waals surface area contributed by atoms with Crippen LogP contribution in [0.3, 0.4) is 0 Å². The van der Waals surface area contributed by atoms with E-state index in [9.17, 15) is 4.79 Å². The highest BCUT2D eigenvalue weighted by Gasteiger charge is 2.33. The van der Waals surface area contributed by atoms with E-state index < -0.39 is 5.60 Å². The first-order valence-corrected chi connectivity index (χ1v) is 6.46. The van der Waals surface area contributed by atoms with E-state index in [-0.39, 0.29) is 12.1 Å². The second kappa shape index (κ2) is 5.16. The highest BCUT2D eigenvalue weighted by Crippen LogP contribution is 2.24. The Morgan fingerprint density at radius 2 is 2.16 bits per heavy atom. The predicted octanol–water partition coefficient (Wildman–Crippen LogP) is 0.995. The summed E-state index contributed by atoms with van der Waals surface area (Å²) < 4.78 is 5.45. The van der Waals surface area contributed by atoms with Crippen LogP contribution in [0.25, 0.3) is 0 Å². The highest BCUT2D eigenvalue weighted by atomic mass is 16.6. The molecule has 2 rings (SSSR count). The Bertz CT molecular complexity index is 451. The van der Waals surface area contributed by atoms with Gasteiger partial charge >= 0.3 is 6.09 Å². The molecule has 106 valence electrons. The van der Waals surface area contributed by atoms with E-state index in [0.29, 0.717) is 13.1 Å². The Kier molecular flexibility index (Phi) is 3.75. The van der Waals surface area contributed by atoms with Gasteiger partial charge in [-0.2, -0.15) is 15.4 Å². The number of nitrogens with zero attached hydrogens (tertiary/aromatic N) is 3. The third kappa shape index (κ3) is 3.23. The van der Waals surface area contributed by atoms with Crippen molar-refractivity contribution in [3.63, 3.8) is 0 Å². The van der Waals surface area contributed by atoms with Crippen LogP contribution in [0.2, 0.25) is 0 Å². The van der Waals surface area contributed by atoms with Crippen LogP contribution < -0.4 is 5.32 Å². The number of hydrogen-bond acceptors (Lipinski definition) is 5. The molecule has 7 nitrogen and oxygen atoms in total. The van der Waals surface area contributed by atoms with E-state index in [1.165, 1.54) is 0 Å². The molecular formula is C12H21N5O2. The number of ether oxygens (including phenoxy) is 1. The van der Waals surface area contributed by atoms with Crippen molar-refractivity contribution in [2.24, 2.45) is 0 Å². The monoisotopic (exact) mass is 267 g/mol. The lowest BCUT2D eigenvalue weighted by atomic mass is 10.1. The molecule has 1 atom stereocenters. The fourth-order valence-electron chi connectivity index (χ4n) is 2.10. The van der Waals surface area contributed by atoms with E-state index in [1.807, 2.05) is 27.7 Å². The lowest BCUT2D eigenvalue weighted by Crippen LogP contribution is -2.50. The summed E-state index contributed by atoms with van der Waals surface area (Å²) in [5.74, 6) is 0. The van der Waals surface area contributed by atoms with Crippen LogP contribution in [0.1, 0.15) is 38.2 Å². The van der Waals surface area contributed by atoms with Crippen molar-refractivity contribution in [1.29, 1.82) is 0 Å². The molecule has 1 unspecified atom stereocenters. The maximum Gasteiger partial charge on any atom is 0.410 e. The van der Waals surface area contributed by atoms with Crippen LogP contribution in [-0.4, -0.2) is 51.6 Å². The summed E-state index contributed by atoms with van der Waals surface area (Å²) in [6, 6.07) is -0.137. The second-order valence-electron chi connectivity index (χ2n) is 5.69. The zero-order valence-corrected chi connectivity index (χ0v) is 11.9. The Morgan fingerprint density at radius 3 is 2.74 bits per heavy atom. The van der Waals surface area contributed by atoms with Gasteiger partial charge in [0.1, 0.15) is 11.3 Å². The number of rotatable bonds is 1. The molecule has 1 amide bonds. The van der Waals surface area contributed by atoms with Gasteiger partial charge in [-0.3, -0.25) is 4.90 Å². The highest BCUT2D eigenvalue weighted by molar-refractivity contribution is 5.69. The summed E-state index contributed by atoms with van der Waals surface area (Å²) in [4.78, 5) is 14.0. The molecule has 1 aliphatic heterocycles. The summed E-state index contributed by atoms with van der Waals surface area (Å²) in [5, 5.41) is 14.0. The standard InChI is InChI=1S/C12H21N5O2/c1-8-10(15-16-14-8)9-7-13-5-6-17(9)11(18)19-12(2,3)4/h9,13H,5-7H2,1-4H3,(H,14,15,16). The molecule has 0 saturated carbocycles. The normalized spacial score (nSPS) is 20.4. The zero-order chi connectivity index (χ0) is 14.0. The number of hydrogen-bond donors (Lipinski definition) is 2. The van der Waals surface area contributed by atoms with Crippen molar-refractivity contribution in [2.75, 3.05) is 19.6 Å². The summed E-state index contributed by atoms with van der Waals surface area (Å²) in [6.45, 7) is 9.49. The number of aromatic amines is 1. The molecule has 1 saturated heterocycles. The molecule has 0 radical (unpaired) electrons. The van der Waals surface area contributed by atoms with E-state index >= 15 is 0 Å². The third-order valence-corrected chi connectivity index (χ3v) is 2.95. The molecule has 0 bridgehead atoms. The van der Waals surface area contributed by atoms with Crippen molar-refractivity contribution in [1.82, 2.24) is 25.6 Å². The van der Waals surface area contributed by atoms with Gasteiger partial charge in [-0.25, -0.2) is 4.79 Å². The van der Waals surface area contributed by atoms with Gasteiger partial charge in [0.2, 0.25) is 0 Å². The van der Waals surface area contributed by atoms with Crippen molar-refractivity contribution in [3.05, 3.63) is 11.4 Å². The number of carbonyl (C=O) groups is 1. The van der Waals surface area contributed by atoms with Gasteiger partial charge in [-0.15, -0.1) is 0 Å². The molecule has 7 heteroatoms. The van der Waals surface area contributed by atoms with Crippen molar-refractivity contribution in [2.45, 2.75) is 39.3 Å². The third-order valence-electron chi connectivity index (χ3n) is 2.95. The van der Waals surface area contributed by atoms with Crippen LogP contribution in [0, 0.1) is 6.92 Å². The first kappa shape index (κ1) is 13.8. The molecule has 0 aliphatic carbocycles. The summed E-state index contributed by atoms with van der Waals surface area (Å²) >= 11 is 0. The Labute approximate surface area is 112 Å². The minimum Gasteiger partial charge on any atom is -0.444 e. The van der Waals surface area contributed by atoms with Gasteiger partial charge in [0, 0.05) is 19.6 Å². The SMILES string of the molecule is Cc1n[nH]nc1C1CNCCN1C(=O)OC(C)(C)C. The number of carbonyl (C=O) groups excluding carboxylic acids is 1. The average Bonchev–Trinajstić information content (AvgIpc) is 2.73. The van der Waals surface area contributed by atoms with Crippen molar-refractivity contribution in [3.8, 4) is 0 Å². The average molecular weight is 267 g/mol.